The number of rotatable bonds is 7. The molecule has 1 aromatic heterocycles. The van der Waals surface area contributed by atoms with Crippen molar-refractivity contribution >= 4 is 17.8 Å². The van der Waals surface area contributed by atoms with Crippen molar-refractivity contribution in [2.75, 3.05) is 11.9 Å². The third-order valence-corrected chi connectivity index (χ3v) is 4.24. The molecule has 0 unspecified atom stereocenters. The zero-order chi connectivity index (χ0) is 19.2. The molecule has 0 saturated carbocycles. The van der Waals surface area contributed by atoms with E-state index in [2.05, 4.69) is 33.2 Å². The number of amides is 3. The molecule has 3 rings (SSSR count). The van der Waals surface area contributed by atoms with Crippen molar-refractivity contribution in [3.8, 4) is 0 Å². The van der Waals surface area contributed by atoms with Crippen molar-refractivity contribution in [3.05, 3.63) is 46.9 Å². The number of anilines is 1. The van der Waals surface area contributed by atoms with E-state index in [0.717, 1.165) is 24.1 Å². The Bertz CT molecular complexity index is 822. The van der Waals surface area contributed by atoms with Crippen LogP contribution >= 0.6 is 0 Å². The molecular weight excluding hydrogens is 351 g/mol. The Labute approximate surface area is 156 Å². The first-order chi connectivity index (χ1) is 13.0. The number of hydrazine groups is 1. The number of fused-ring (bicyclic) bond motifs is 1. The summed E-state index contributed by atoms with van der Waals surface area (Å²) >= 11 is 0. The van der Waals surface area contributed by atoms with Gasteiger partial charge in [0.15, 0.2) is 5.82 Å². The predicted octanol–water partition coefficient (Wildman–Crippen LogP) is 2.06. The van der Waals surface area contributed by atoms with Crippen LogP contribution in [0.15, 0.2) is 24.3 Å². The summed E-state index contributed by atoms with van der Waals surface area (Å²) in [6.45, 7) is 3.60. The molecule has 0 radical (unpaired) electrons. The Balaban J connectivity index is 1.53. The third kappa shape index (κ3) is 5.04. The van der Waals surface area contributed by atoms with E-state index in [9.17, 15) is 14.0 Å². The third-order valence-electron chi connectivity index (χ3n) is 4.24. The molecule has 9 heteroatoms. The lowest BCUT2D eigenvalue weighted by Gasteiger charge is -2.17. The van der Waals surface area contributed by atoms with Crippen LogP contribution in [0.25, 0.3) is 0 Å². The van der Waals surface area contributed by atoms with Crippen molar-refractivity contribution in [1.82, 2.24) is 25.9 Å². The molecular formula is C18H23FN6O2. The summed E-state index contributed by atoms with van der Waals surface area (Å²) in [5.41, 5.74) is 5.04. The molecule has 0 fully saturated rings. The number of nitrogens with one attached hydrogen (secondary N) is 4. The number of halogens is 1. The maximum atomic E-state index is 13.2. The molecule has 0 aliphatic carbocycles. The van der Waals surface area contributed by atoms with E-state index >= 15 is 0 Å². The predicted molar refractivity (Wildman–Crippen MR) is 98.0 cm³/mol. The van der Waals surface area contributed by atoms with Gasteiger partial charge >= 0.3 is 6.03 Å². The lowest BCUT2D eigenvalue weighted by Crippen LogP contribution is -2.45. The minimum Gasteiger partial charge on any atom is -0.337 e. The smallest absolute Gasteiger partial charge is 0.329 e. The number of carbonyl (C=O) groups excluding carboxylic acids is 2. The first-order valence-electron chi connectivity index (χ1n) is 8.95. The SMILES string of the molecule is CCCCNC(=O)NN1Cc2[nH]nc(NC(=O)Cc3cccc(F)c3)c2C1. The molecule has 0 bridgehead atoms. The second-order valence-corrected chi connectivity index (χ2v) is 6.46. The molecule has 8 nitrogen and oxygen atoms in total. The van der Waals surface area contributed by atoms with Crippen LogP contribution in [0.4, 0.5) is 15.0 Å². The Morgan fingerprint density at radius 2 is 2.19 bits per heavy atom. The van der Waals surface area contributed by atoms with Crippen LogP contribution in [-0.4, -0.2) is 33.7 Å². The summed E-state index contributed by atoms with van der Waals surface area (Å²) in [5.74, 6) is -0.222. The molecule has 3 amide bonds. The minimum absolute atomic E-state index is 0.0567. The number of aromatic amines is 1. The second-order valence-electron chi connectivity index (χ2n) is 6.46. The molecule has 2 heterocycles. The van der Waals surface area contributed by atoms with Crippen LogP contribution in [0.1, 0.15) is 36.6 Å². The van der Waals surface area contributed by atoms with Crippen molar-refractivity contribution in [1.29, 1.82) is 0 Å². The summed E-state index contributed by atoms with van der Waals surface area (Å²) in [6.07, 6.45) is 2.00. The molecule has 0 atom stereocenters. The molecule has 0 saturated heterocycles. The number of carbonyl (C=O) groups is 2. The van der Waals surface area contributed by atoms with Gasteiger partial charge in [0.1, 0.15) is 5.82 Å². The van der Waals surface area contributed by atoms with Gasteiger partial charge in [-0.25, -0.2) is 14.2 Å². The number of H-pyrrole nitrogens is 1. The highest BCUT2D eigenvalue weighted by Gasteiger charge is 2.26. The van der Waals surface area contributed by atoms with Gasteiger partial charge in [0, 0.05) is 18.7 Å². The normalized spacial score (nSPS) is 13.3. The van der Waals surface area contributed by atoms with Crippen LogP contribution in [0.5, 0.6) is 0 Å². The van der Waals surface area contributed by atoms with Crippen LogP contribution in [-0.2, 0) is 24.3 Å². The maximum Gasteiger partial charge on any atom is 0.329 e. The molecule has 144 valence electrons. The Kier molecular flexibility index (Phi) is 6.02. The van der Waals surface area contributed by atoms with Crippen molar-refractivity contribution < 1.29 is 14.0 Å². The lowest BCUT2D eigenvalue weighted by atomic mass is 10.1. The van der Waals surface area contributed by atoms with Crippen LogP contribution in [0.2, 0.25) is 0 Å². The molecule has 27 heavy (non-hydrogen) atoms. The Morgan fingerprint density at radius 3 is 2.96 bits per heavy atom. The number of benzene rings is 1. The van der Waals surface area contributed by atoms with E-state index in [-0.39, 0.29) is 24.2 Å². The van der Waals surface area contributed by atoms with Gasteiger partial charge in [0.2, 0.25) is 5.91 Å². The van der Waals surface area contributed by atoms with Gasteiger partial charge in [0.05, 0.1) is 18.7 Å². The first kappa shape index (κ1) is 18.8. The standard InChI is InChI=1S/C18H23FN6O2/c1-2-3-7-20-18(27)24-25-10-14-15(11-25)22-23-17(14)21-16(26)9-12-5-4-6-13(19)8-12/h4-6,8H,2-3,7,9-11H2,1H3,(H2,20,24,27)(H2,21,22,23,26). The van der Waals surface area contributed by atoms with Crippen molar-refractivity contribution in [2.45, 2.75) is 39.3 Å². The number of hydrogen-bond donors (Lipinski definition) is 4. The average molecular weight is 374 g/mol. The summed E-state index contributed by atoms with van der Waals surface area (Å²) in [5, 5.41) is 14.3. The van der Waals surface area contributed by atoms with E-state index in [1.165, 1.54) is 12.1 Å². The van der Waals surface area contributed by atoms with Gasteiger partial charge in [-0.3, -0.25) is 15.3 Å². The number of aromatic nitrogens is 2. The summed E-state index contributed by atoms with van der Waals surface area (Å²) < 4.78 is 13.2. The first-order valence-corrected chi connectivity index (χ1v) is 8.95. The molecule has 1 aliphatic rings. The average Bonchev–Trinajstić information content (AvgIpc) is 3.16. The minimum atomic E-state index is -0.375. The number of nitrogens with zero attached hydrogens (tertiary/aromatic N) is 2. The number of urea groups is 1. The highest BCUT2D eigenvalue weighted by atomic mass is 19.1. The van der Waals surface area contributed by atoms with Crippen molar-refractivity contribution in [2.24, 2.45) is 0 Å². The molecule has 0 spiro atoms. The van der Waals surface area contributed by atoms with Gasteiger partial charge in [-0.05, 0) is 24.1 Å². The number of hydrogen-bond acceptors (Lipinski definition) is 4. The molecule has 4 N–H and O–H groups in total. The highest BCUT2D eigenvalue weighted by molar-refractivity contribution is 5.92. The quantitative estimate of drug-likeness (QED) is 0.557. The fourth-order valence-corrected chi connectivity index (χ4v) is 2.89. The zero-order valence-electron chi connectivity index (χ0n) is 15.1. The van der Waals surface area contributed by atoms with Crippen LogP contribution in [0, 0.1) is 5.82 Å². The Morgan fingerprint density at radius 1 is 1.33 bits per heavy atom. The van der Waals surface area contributed by atoms with Gasteiger partial charge in [0.25, 0.3) is 0 Å². The van der Waals surface area contributed by atoms with Gasteiger partial charge < -0.3 is 10.6 Å². The summed E-state index contributed by atoms with van der Waals surface area (Å²) in [4.78, 5) is 24.1. The Hall–Kier alpha value is -2.94. The molecule has 1 aromatic carbocycles. The molecule has 2 aromatic rings. The lowest BCUT2D eigenvalue weighted by molar-refractivity contribution is -0.115. The van der Waals surface area contributed by atoms with Gasteiger partial charge in [-0.15, -0.1) is 0 Å². The fraction of sp³-hybridized carbons (Fsp3) is 0.389. The maximum absolute atomic E-state index is 13.2. The van der Waals surface area contributed by atoms with E-state index < -0.39 is 0 Å². The van der Waals surface area contributed by atoms with E-state index in [0.29, 0.717) is 31.0 Å². The largest absolute Gasteiger partial charge is 0.337 e. The van der Waals surface area contributed by atoms with E-state index in [4.69, 9.17) is 0 Å². The monoisotopic (exact) mass is 374 g/mol. The summed E-state index contributed by atoms with van der Waals surface area (Å²) in [7, 11) is 0. The van der Waals surface area contributed by atoms with Crippen LogP contribution < -0.4 is 16.1 Å². The van der Waals surface area contributed by atoms with Crippen molar-refractivity contribution in [3.63, 3.8) is 0 Å². The fourth-order valence-electron chi connectivity index (χ4n) is 2.89. The van der Waals surface area contributed by atoms with Gasteiger partial charge in [-0.2, -0.15) is 5.10 Å². The number of unbranched alkanes of at least 4 members (excludes halogenated alkanes) is 1. The molecule has 1 aliphatic heterocycles. The second kappa shape index (κ2) is 8.63. The highest BCUT2D eigenvalue weighted by Crippen LogP contribution is 2.25. The van der Waals surface area contributed by atoms with E-state index in [1.54, 1.807) is 17.1 Å². The zero-order valence-corrected chi connectivity index (χ0v) is 15.1. The summed E-state index contributed by atoms with van der Waals surface area (Å²) in [6, 6.07) is 5.68. The topological polar surface area (TPSA) is 102 Å². The van der Waals surface area contributed by atoms with Gasteiger partial charge in [-0.1, -0.05) is 25.5 Å². The van der Waals surface area contributed by atoms with E-state index in [1.807, 2.05) is 0 Å². The van der Waals surface area contributed by atoms with Crippen LogP contribution in [0.3, 0.4) is 0 Å².